The van der Waals surface area contributed by atoms with Gasteiger partial charge in [0.15, 0.2) is 5.13 Å². The van der Waals surface area contributed by atoms with E-state index in [4.69, 9.17) is 9.47 Å². The quantitative estimate of drug-likeness (QED) is 0.563. The Kier molecular flexibility index (Phi) is 9.01. The molecule has 1 fully saturated rings. The minimum absolute atomic E-state index is 0.219. The number of rotatable bonds is 6. The van der Waals surface area contributed by atoms with E-state index in [2.05, 4.69) is 20.5 Å². The molecule has 1 saturated heterocycles. The van der Waals surface area contributed by atoms with Crippen LogP contribution in [-0.4, -0.2) is 71.9 Å². The van der Waals surface area contributed by atoms with Gasteiger partial charge in [0.1, 0.15) is 16.2 Å². The van der Waals surface area contributed by atoms with E-state index in [1.54, 1.807) is 23.2 Å². The maximum absolute atomic E-state index is 12.7. The Hall–Kier alpha value is -3.34. The van der Waals surface area contributed by atoms with Gasteiger partial charge in [-0.2, -0.15) is 0 Å². The largest absolute Gasteiger partial charge is 0.444 e. The molecule has 0 aliphatic carbocycles. The summed E-state index contributed by atoms with van der Waals surface area (Å²) in [5.41, 5.74) is 0.480. The van der Waals surface area contributed by atoms with Gasteiger partial charge in [0, 0.05) is 38.3 Å². The van der Waals surface area contributed by atoms with Crippen molar-refractivity contribution in [3.8, 4) is 0 Å². The summed E-state index contributed by atoms with van der Waals surface area (Å²) in [5, 5.41) is 7.08. The average Bonchev–Trinajstić information content (AvgIpc) is 3.25. The molecule has 202 valence electrons. The van der Waals surface area contributed by atoms with E-state index in [9.17, 15) is 14.4 Å². The first-order chi connectivity index (χ1) is 17.3. The van der Waals surface area contributed by atoms with E-state index in [1.165, 1.54) is 11.3 Å². The van der Waals surface area contributed by atoms with Crippen LogP contribution in [0.3, 0.4) is 0 Å². The van der Waals surface area contributed by atoms with Gasteiger partial charge >= 0.3 is 12.2 Å². The van der Waals surface area contributed by atoms with Gasteiger partial charge in [-0.15, -0.1) is 0 Å². The van der Waals surface area contributed by atoms with E-state index >= 15 is 0 Å². The van der Waals surface area contributed by atoms with Crippen molar-refractivity contribution in [3.63, 3.8) is 0 Å². The van der Waals surface area contributed by atoms with Crippen molar-refractivity contribution in [3.05, 3.63) is 41.6 Å². The topological polar surface area (TPSA) is 113 Å². The van der Waals surface area contributed by atoms with E-state index < -0.39 is 17.3 Å². The molecule has 0 radical (unpaired) electrons. The highest BCUT2D eigenvalue weighted by atomic mass is 32.1. The molecule has 1 aliphatic rings. The molecule has 1 aliphatic heterocycles. The number of hydrogen-bond acceptors (Lipinski definition) is 8. The lowest BCUT2D eigenvalue weighted by Crippen LogP contribution is -2.50. The number of alkyl carbamates (subject to hydrolysis) is 1. The first-order valence-corrected chi connectivity index (χ1v) is 13.2. The molecule has 2 heterocycles. The molecular formula is C26H37N5O5S. The molecule has 37 heavy (non-hydrogen) atoms. The minimum atomic E-state index is -0.533. The number of carbonyl (C=O) groups excluding carboxylic acids is 3. The summed E-state index contributed by atoms with van der Waals surface area (Å²) >= 11 is 1.40. The van der Waals surface area contributed by atoms with Gasteiger partial charge in [0.25, 0.3) is 5.91 Å². The zero-order valence-electron chi connectivity index (χ0n) is 22.4. The molecule has 2 N–H and O–H groups in total. The zero-order chi connectivity index (χ0) is 27.2. The molecule has 0 atom stereocenters. The van der Waals surface area contributed by atoms with Crippen LogP contribution in [0.2, 0.25) is 0 Å². The number of carbonyl (C=O) groups is 3. The fraction of sp³-hybridized carbons (Fsp3) is 0.538. The third-order valence-electron chi connectivity index (χ3n) is 5.23. The molecule has 10 nitrogen and oxygen atoms in total. The second-order valence-electron chi connectivity index (χ2n) is 10.8. The van der Waals surface area contributed by atoms with E-state index in [-0.39, 0.29) is 12.0 Å². The van der Waals surface area contributed by atoms with Gasteiger partial charge in [-0.05, 0) is 65.7 Å². The molecule has 0 saturated carbocycles. The predicted molar refractivity (Wildman–Crippen MR) is 144 cm³/mol. The minimum Gasteiger partial charge on any atom is -0.444 e. The molecule has 1 aromatic heterocycles. The molecule has 3 amide bonds. The van der Waals surface area contributed by atoms with E-state index in [1.807, 2.05) is 53.7 Å². The van der Waals surface area contributed by atoms with Gasteiger partial charge in [-0.3, -0.25) is 4.79 Å². The SMILES string of the molecule is CC(C)(C)OC(=O)NCCc1ccc(C(=O)Nc2cnc(N3CCN(C(=O)OC(C)(C)C)CC3)s2)cc1. The Labute approximate surface area is 222 Å². The van der Waals surface area contributed by atoms with Gasteiger partial charge < -0.3 is 29.9 Å². The maximum atomic E-state index is 12.7. The van der Waals surface area contributed by atoms with Crippen molar-refractivity contribution in [1.82, 2.24) is 15.2 Å². The third kappa shape index (κ3) is 9.23. The molecule has 2 aromatic rings. The molecule has 0 bridgehead atoms. The number of thiazole rings is 1. The fourth-order valence-electron chi connectivity index (χ4n) is 3.51. The summed E-state index contributed by atoms with van der Waals surface area (Å²) in [6, 6.07) is 7.26. The van der Waals surface area contributed by atoms with Crippen molar-refractivity contribution >= 4 is 39.6 Å². The lowest BCUT2D eigenvalue weighted by molar-refractivity contribution is 0.0240. The maximum Gasteiger partial charge on any atom is 0.410 e. The van der Waals surface area contributed by atoms with Crippen LogP contribution in [0.4, 0.5) is 19.7 Å². The number of nitrogens with one attached hydrogen (secondary N) is 2. The van der Waals surface area contributed by atoms with Gasteiger partial charge in [-0.25, -0.2) is 14.6 Å². The van der Waals surface area contributed by atoms with Crippen molar-refractivity contribution in [2.75, 3.05) is 42.9 Å². The average molecular weight is 532 g/mol. The molecule has 0 unspecified atom stereocenters. The lowest BCUT2D eigenvalue weighted by atomic mass is 10.1. The number of anilines is 2. The first kappa shape index (κ1) is 28.2. The van der Waals surface area contributed by atoms with E-state index in [0.29, 0.717) is 49.7 Å². The smallest absolute Gasteiger partial charge is 0.410 e. The Bertz CT molecular complexity index is 1080. The van der Waals surface area contributed by atoms with Crippen LogP contribution in [0.5, 0.6) is 0 Å². The standard InChI is InChI=1S/C26H37N5O5S/c1-25(2,3)35-23(33)27-12-11-18-7-9-19(10-8-18)21(32)29-20-17-28-22(37-20)30-13-15-31(16-14-30)24(34)36-26(4,5)6/h7-10,17H,11-16H2,1-6H3,(H,27,33)(H,29,32). The number of hydrogen-bond donors (Lipinski definition) is 2. The van der Waals surface area contributed by atoms with Crippen LogP contribution >= 0.6 is 11.3 Å². The molecule has 1 aromatic carbocycles. The lowest BCUT2D eigenvalue weighted by Gasteiger charge is -2.35. The molecule has 3 rings (SSSR count). The highest BCUT2D eigenvalue weighted by molar-refractivity contribution is 7.19. The summed E-state index contributed by atoms with van der Waals surface area (Å²) in [5.74, 6) is -0.219. The van der Waals surface area contributed by atoms with Gasteiger partial charge in [0.05, 0.1) is 6.20 Å². The fourth-order valence-corrected chi connectivity index (χ4v) is 4.37. The second kappa shape index (κ2) is 11.8. The summed E-state index contributed by atoms with van der Waals surface area (Å²) in [6.07, 6.45) is 1.52. The second-order valence-corrected chi connectivity index (χ2v) is 11.8. The third-order valence-corrected chi connectivity index (χ3v) is 6.20. The van der Waals surface area contributed by atoms with Crippen molar-refractivity contribution in [2.24, 2.45) is 0 Å². The zero-order valence-corrected chi connectivity index (χ0v) is 23.2. The summed E-state index contributed by atoms with van der Waals surface area (Å²) in [7, 11) is 0. The van der Waals surface area contributed by atoms with Gasteiger partial charge in [0.2, 0.25) is 0 Å². The molecule has 11 heteroatoms. The van der Waals surface area contributed by atoms with Crippen LogP contribution in [0.25, 0.3) is 0 Å². The Morgan fingerprint density at radius 1 is 0.946 bits per heavy atom. The van der Waals surface area contributed by atoms with Crippen molar-refractivity contribution in [2.45, 2.75) is 59.2 Å². The summed E-state index contributed by atoms with van der Waals surface area (Å²) < 4.78 is 10.7. The number of piperazine rings is 1. The van der Waals surface area contributed by atoms with Crippen LogP contribution in [-0.2, 0) is 15.9 Å². The number of ether oxygens (including phenoxy) is 2. The summed E-state index contributed by atoms with van der Waals surface area (Å²) in [4.78, 5) is 45.0. The van der Waals surface area contributed by atoms with Crippen LogP contribution in [0, 0.1) is 0 Å². The van der Waals surface area contributed by atoms with E-state index in [0.717, 1.165) is 10.7 Å². The van der Waals surface area contributed by atoms with Gasteiger partial charge in [-0.1, -0.05) is 23.5 Å². The molecule has 0 spiro atoms. The Balaban J connectivity index is 1.45. The number of benzene rings is 1. The highest BCUT2D eigenvalue weighted by Crippen LogP contribution is 2.28. The molecular weight excluding hydrogens is 494 g/mol. The summed E-state index contributed by atoms with van der Waals surface area (Å²) in [6.45, 7) is 13.8. The first-order valence-electron chi connectivity index (χ1n) is 12.3. The number of amides is 3. The van der Waals surface area contributed by atoms with Crippen molar-refractivity contribution in [1.29, 1.82) is 0 Å². The monoisotopic (exact) mass is 531 g/mol. The normalized spacial score (nSPS) is 14.2. The Morgan fingerprint density at radius 2 is 1.57 bits per heavy atom. The van der Waals surface area contributed by atoms with Crippen LogP contribution < -0.4 is 15.5 Å². The van der Waals surface area contributed by atoms with Crippen molar-refractivity contribution < 1.29 is 23.9 Å². The highest BCUT2D eigenvalue weighted by Gasteiger charge is 2.27. The predicted octanol–water partition coefficient (Wildman–Crippen LogP) is 4.52. The van der Waals surface area contributed by atoms with Crippen LogP contribution in [0.15, 0.2) is 30.5 Å². The number of nitrogens with zero attached hydrogens (tertiary/aromatic N) is 3. The van der Waals surface area contributed by atoms with Crippen LogP contribution in [0.1, 0.15) is 57.5 Å². The number of aromatic nitrogens is 1. The Morgan fingerprint density at radius 3 is 2.16 bits per heavy atom.